The SMILES string of the molecule is C=CSc1cccc(-c2ccccc2)c1SC=C.C=CSc1cccc(-c2ccccc2)c1SC=C.O. The fraction of sp³-hybridized carbons (Fsp3) is 0. The van der Waals surface area contributed by atoms with Crippen LogP contribution in [0.25, 0.3) is 22.3 Å². The van der Waals surface area contributed by atoms with Crippen LogP contribution in [0.3, 0.4) is 0 Å². The summed E-state index contributed by atoms with van der Waals surface area (Å²) in [6, 6.07) is 33.5. The second kappa shape index (κ2) is 16.8. The topological polar surface area (TPSA) is 31.5 Å². The first kappa shape index (κ1) is 30.4. The summed E-state index contributed by atoms with van der Waals surface area (Å²) in [5.41, 5.74) is 4.95. The van der Waals surface area contributed by atoms with Gasteiger partial charge in [-0.2, -0.15) is 0 Å². The van der Waals surface area contributed by atoms with Gasteiger partial charge in [-0.3, -0.25) is 0 Å². The molecular weight excluding hydrogens is 529 g/mol. The Labute approximate surface area is 238 Å². The van der Waals surface area contributed by atoms with E-state index < -0.39 is 0 Å². The van der Waals surface area contributed by atoms with E-state index in [1.165, 1.54) is 41.8 Å². The maximum atomic E-state index is 3.82. The number of hydrogen-bond acceptors (Lipinski definition) is 4. The molecule has 0 unspecified atom stereocenters. The van der Waals surface area contributed by atoms with Crippen LogP contribution in [-0.2, 0) is 0 Å². The molecule has 0 heterocycles. The lowest BCUT2D eigenvalue weighted by molar-refractivity contribution is 0.824. The lowest BCUT2D eigenvalue weighted by atomic mass is 10.1. The van der Waals surface area contributed by atoms with Crippen LogP contribution < -0.4 is 0 Å². The molecule has 1 nitrogen and oxygen atoms in total. The highest BCUT2D eigenvalue weighted by atomic mass is 32.2. The Morgan fingerprint density at radius 3 is 1.08 bits per heavy atom. The van der Waals surface area contributed by atoms with E-state index in [4.69, 9.17) is 0 Å². The summed E-state index contributed by atoms with van der Waals surface area (Å²) in [6.07, 6.45) is 0. The Morgan fingerprint density at radius 1 is 0.405 bits per heavy atom. The first-order valence-corrected chi connectivity index (χ1v) is 14.7. The minimum Gasteiger partial charge on any atom is -0.412 e. The van der Waals surface area contributed by atoms with Crippen LogP contribution in [-0.4, -0.2) is 5.48 Å². The Kier molecular flexibility index (Phi) is 13.9. The van der Waals surface area contributed by atoms with Crippen molar-refractivity contribution in [3.63, 3.8) is 0 Å². The minimum atomic E-state index is 0. The zero-order valence-corrected chi connectivity index (χ0v) is 23.8. The van der Waals surface area contributed by atoms with Crippen molar-refractivity contribution in [2.45, 2.75) is 19.6 Å². The fourth-order valence-electron chi connectivity index (χ4n) is 3.50. The molecule has 37 heavy (non-hydrogen) atoms. The molecule has 0 radical (unpaired) electrons. The van der Waals surface area contributed by atoms with Gasteiger partial charge in [0.1, 0.15) is 0 Å². The second-order valence-electron chi connectivity index (χ2n) is 7.14. The summed E-state index contributed by atoms with van der Waals surface area (Å²) >= 11 is 6.61. The van der Waals surface area contributed by atoms with Crippen molar-refractivity contribution in [1.82, 2.24) is 0 Å². The molecule has 4 rings (SSSR count). The third kappa shape index (κ3) is 8.63. The molecule has 0 aliphatic carbocycles. The molecule has 0 aliphatic heterocycles. The molecule has 5 heteroatoms. The van der Waals surface area contributed by atoms with Crippen LogP contribution in [0.2, 0.25) is 0 Å². The fourth-order valence-corrected chi connectivity index (χ4v) is 6.51. The zero-order valence-electron chi connectivity index (χ0n) is 20.5. The monoisotopic (exact) mass is 558 g/mol. The number of rotatable bonds is 10. The van der Waals surface area contributed by atoms with Crippen molar-refractivity contribution < 1.29 is 5.48 Å². The molecule has 4 aromatic rings. The number of benzene rings is 4. The van der Waals surface area contributed by atoms with Crippen LogP contribution in [0.1, 0.15) is 0 Å². The average Bonchev–Trinajstić information content (AvgIpc) is 2.92. The van der Waals surface area contributed by atoms with Gasteiger partial charge >= 0.3 is 0 Å². The van der Waals surface area contributed by atoms with Gasteiger partial charge in [0.25, 0.3) is 0 Å². The van der Waals surface area contributed by atoms with Crippen LogP contribution in [0.4, 0.5) is 0 Å². The van der Waals surface area contributed by atoms with Gasteiger partial charge in [-0.15, -0.1) is 0 Å². The highest BCUT2D eigenvalue weighted by molar-refractivity contribution is 8.05. The van der Waals surface area contributed by atoms with Crippen molar-refractivity contribution in [2.75, 3.05) is 0 Å². The maximum Gasteiger partial charge on any atom is 0.0333 e. The molecule has 0 aliphatic rings. The van der Waals surface area contributed by atoms with Crippen LogP contribution in [0.15, 0.2) is 165 Å². The Morgan fingerprint density at radius 2 is 0.757 bits per heavy atom. The van der Waals surface area contributed by atoms with Gasteiger partial charge in [-0.1, -0.05) is 158 Å². The van der Waals surface area contributed by atoms with E-state index in [1.807, 2.05) is 33.8 Å². The van der Waals surface area contributed by atoms with Gasteiger partial charge in [0.2, 0.25) is 0 Å². The van der Waals surface area contributed by atoms with E-state index >= 15 is 0 Å². The van der Waals surface area contributed by atoms with E-state index in [0.717, 1.165) is 0 Å². The summed E-state index contributed by atoms with van der Waals surface area (Å²) < 4.78 is 0. The van der Waals surface area contributed by atoms with Gasteiger partial charge in [-0.25, -0.2) is 0 Å². The molecular formula is C32H30OS4. The van der Waals surface area contributed by atoms with Gasteiger partial charge < -0.3 is 5.48 Å². The summed E-state index contributed by atoms with van der Waals surface area (Å²) in [7, 11) is 0. The third-order valence-corrected chi connectivity index (χ3v) is 8.41. The van der Waals surface area contributed by atoms with Gasteiger partial charge in [0, 0.05) is 19.6 Å². The lowest BCUT2D eigenvalue weighted by Gasteiger charge is -2.11. The highest BCUT2D eigenvalue weighted by Crippen LogP contribution is 2.40. The normalized spacial score (nSPS) is 9.73. The molecule has 0 amide bonds. The third-order valence-electron chi connectivity index (χ3n) is 4.95. The molecule has 0 atom stereocenters. The van der Waals surface area contributed by atoms with E-state index in [2.05, 4.69) is 111 Å². The molecule has 2 N–H and O–H groups in total. The summed E-state index contributed by atoms with van der Waals surface area (Å²) in [5, 5.41) is 7.46. The average molecular weight is 559 g/mol. The quantitative estimate of drug-likeness (QED) is 0.181. The predicted molar refractivity (Wildman–Crippen MR) is 172 cm³/mol. The van der Waals surface area contributed by atoms with Crippen LogP contribution in [0.5, 0.6) is 0 Å². The predicted octanol–water partition coefficient (Wildman–Crippen LogP) is 10.8. The first-order valence-electron chi connectivity index (χ1n) is 11.2. The van der Waals surface area contributed by atoms with Crippen molar-refractivity contribution in [2.24, 2.45) is 0 Å². The van der Waals surface area contributed by atoms with Crippen LogP contribution in [0, 0.1) is 0 Å². The van der Waals surface area contributed by atoms with Gasteiger partial charge in [0.15, 0.2) is 0 Å². The van der Waals surface area contributed by atoms with E-state index in [0.29, 0.717) is 0 Å². The minimum absolute atomic E-state index is 0. The van der Waals surface area contributed by atoms with Crippen LogP contribution >= 0.6 is 47.0 Å². The summed E-state index contributed by atoms with van der Waals surface area (Å²) in [5.74, 6) is 0. The van der Waals surface area contributed by atoms with E-state index in [1.54, 1.807) is 47.0 Å². The number of hydrogen-bond donors (Lipinski definition) is 0. The molecule has 0 bridgehead atoms. The summed E-state index contributed by atoms with van der Waals surface area (Å²) in [4.78, 5) is 4.92. The Bertz CT molecular complexity index is 1200. The van der Waals surface area contributed by atoms with Crippen molar-refractivity contribution in [3.05, 3.63) is 145 Å². The molecule has 0 aromatic heterocycles. The molecule has 188 valence electrons. The number of thioether (sulfide) groups is 4. The highest BCUT2D eigenvalue weighted by Gasteiger charge is 2.10. The maximum absolute atomic E-state index is 3.82. The second-order valence-corrected chi connectivity index (χ2v) is 11.1. The molecule has 4 aromatic carbocycles. The molecule has 0 saturated carbocycles. The molecule has 0 saturated heterocycles. The smallest absolute Gasteiger partial charge is 0.0333 e. The summed E-state index contributed by atoms with van der Waals surface area (Å²) in [6.45, 7) is 15.2. The van der Waals surface area contributed by atoms with Crippen molar-refractivity contribution >= 4 is 47.0 Å². The van der Waals surface area contributed by atoms with Crippen molar-refractivity contribution in [3.8, 4) is 22.3 Å². The largest absolute Gasteiger partial charge is 0.412 e. The Hall–Kier alpha value is -2.80. The zero-order chi connectivity index (χ0) is 25.6. The molecule has 0 fully saturated rings. The lowest BCUT2D eigenvalue weighted by Crippen LogP contribution is -1.84. The first-order chi connectivity index (χ1) is 17.7. The van der Waals surface area contributed by atoms with Gasteiger partial charge in [-0.05, 0) is 56.0 Å². The molecule has 0 spiro atoms. The Balaban J connectivity index is 0.000000253. The van der Waals surface area contributed by atoms with Gasteiger partial charge in [0.05, 0.1) is 0 Å². The van der Waals surface area contributed by atoms with Crippen molar-refractivity contribution in [1.29, 1.82) is 0 Å². The van der Waals surface area contributed by atoms with E-state index in [-0.39, 0.29) is 5.48 Å². The standard InChI is InChI=1S/2C16H14S2.H2O/c2*1-3-17-15-12-8-11-14(16(15)18-4-2)13-9-6-5-7-10-13;/h2*3-12H,1-2H2;1H2. The van der Waals surface area contributed by atoms with E-state index in [9.17, 15) is 0 Å².